The highest BCUT2D eigenvalue weighted by molar-refractivity contribution is 9.10. The lowest BCUT2D eigenvalue weighted by atomic mass is 10.1. The van der Waals surface area contributed by atoms with Crippen molar-refractivity contribution in [3.05, 3.63) is 51.4 Å². The molecule has 1 heterocycles. The van der Waals surface area contributed by atoms with Crippen LogP contribution in [0, 0.1) is 13.8 Å². The molecular weight excluding hydrogens is 306 g/mol. The van der Waals surface area contributed by atoms with Crippen LogP contribution < -0.4 is 5.32 Å². The summed E-state index contributed by atoms with van der Waals surface area (Å²) in [7, 11) is 0. The molecule has 1 aromatic heterocycles. The summed E-state index contributed by atoms with van der Waals surface area (Å²) in [6.07, 6.45) is 0. The van der Waals surface area contributed by atoms with Gasteiger partial charge in [0.05, 0.1) is 4.47 Å². The maximum Gasteiger partial charge on any atom is 0.134 e. The molecule has 0 fully saturated rings. The van der Waals surface area contributed by atoms with Crippen molar-refractivity contribution >= 4 is 15.9 Å². The highest BCUT2D eigenvalue weighted by Gasteiger charge is 2.13. The van der Waals surface area contributed by atoms with Crippen LogP contribution in [-0.2, 0) is 6.54 Å². The van der Waals surface area contributed by atoms with Crippen LogP contribution in [0.25, 0.3) is 0 Å². The average Bonchev–Trinajstić information content (AvgIpc) is 2.70. The second kappa shape index (κ2) is 5.80. The van der Waals surface area contributed by atoms with Crippen LogP contribution in [0.3, 0.4) is 0 Å². The number of aromatic hydroxyl groups is 1. The van der Waals surface area contributed by atoms with Crippen molar-refractivity contribution in [3.63, 3.8) is 0 Å². The largest absolute Gasteiger partial charge is 0.506 e. The summed E-state index contributed by atoms with van der Waals surface area (Å²) in [5, 5.41) is 13.3. The predicted molar refractivity (Wildman–Crippen MR) is 79.2 cm³/mol. The van der Waals surface area contributed by atoms with Crippen LogP contribution >= 0.6 is 15.9 Å². The molecule has 0 aliphatic heterocycles. The van der Waals surface area contributed by atoms with Crippen LogP contribution in [0.1, 0.15) is 35.6 Å². The number of phenols is 1. The molecule has 0 radical (unpaired) electrons. The molecule has 2 rings (SSSR count). The van der Waals surface area contributed by atoms with Crippen LogP contribution in [0.2, 0.25) is 0 Å². The fourth-order valence-electron chi connectivity index (χ4n) is 2.16. The fourth-order valence-corrected chi connectivity index (χ4v) is 2.56. The van der Waals surface area contributed by atoms with E-state index in [0.717, 1.165) is 27.1 Å². The van der Waals surface area contributed by atoms with Gasteiger partial charge >= 0.3 is 0 Å². The fraction of sp³-hybridized carbons (Fsp3) is 0.333. The van der Waals surface area contributed by atoms with E-state index < -0.39 is 0 Å². The van der Waals surface area contributed by atoms with Gasteiger partial charge in [-0.25, -0.2) is 0 Å². The Balaban J connectivity index is 2.06. The number of rotatable bonds is 4. The van der Waals surface area contributed by atoms with Gasteiger partial charge in [0, 0.05) is 23.7 Å². The maximum atomic E-state index is 9.93. The van der Waals surface area contributed by atoms with Crippen LogP contribution in [0.15, 0.2) is 33.2 Å². The molecule has 102 valence electrons. The van der Waals surface area contributed by atoms with E-state index in [4.69, 9.17) is 4.42 Å². The highest BCUT2D eigenvalue weighted by atomic mass is 79.9. The van der Waals surface area contributed by atoms with E-state index in [1.165, 1.54) is 0 Å². The van der Waals surface area contributed by atoms with Crippen molar-refractivity contribution in [2.75, 3.05) is 0 Å². The number of benzene rings is 1. The number of nitrogens with one attached hydrogen (secondary N) is 1. The van der Waals surface area contributed by atoms with Crippen molar-refractivity contribution in [1.82, 2.24) is 5.32 Å². The molecule has 0 aliphatic rings. The van der Waals surface area contributed by atoms with E-state index >= 15 is 0 Å². The Morgan fingerprint density at radius 2 is 2.11 bits per heavy atom. The first-order chi connectivity index (χ1) is 8.99. The summed E-state index contributed by atoms with van der Waals surface area (Å²) in [6.45, 7) is 6.61. The molecule has 3 nitrogen and oxygen atoms in total. The normalized spacial score (nSPS) is 12.6. The summed E-state index contributed by atoms with van der Waals surface area (Å²) in [5.74, 6) is 2.16. The summed E-state index contributed by atoms with van der Waals surface area (Å²) < 4.78 is 6.25. The van der Waals surface area contributed by atoms with Gasteiger partial charge in [-0.05, 0) is 48.8 Å². The Labute approximate surface area is 121 Å². The SMILES string of the molecule is Cc1cc(C(C)NCc2cccc(Br)c2O)c(C)o1. The maximum absolute atomic E-state index is 9.93. The highest BCUT2D eigenvalue weighted by Crippen LogP contribution is 2.28. The van der Waals surface area contributed by atoms with Gasteiger partial charge in [0.15, 0.2) is 0 Å². The Bertz CT molecular complexity index is 578. The minimum Gasteiger partial charge on any atom is -0.506 e. The second-order valence-electron chi connectivity index (χ2n) is 4.72. The quantitative estimate of drug-likeness (QED) is 0.885. The zero-order chi connectivity index (χ0) is 14.0. The minimum atomic E-state index is 0.177. The van der Waals surface area contributed by atoms with Crippen molar-refractivity contribution in [2.24, 2.45) is 0 Å². The molecule has 1 atom stereocenters. The molecule has 0 amide bonds. The van der Waals surface area contributed by atoms with Crippen molar-refractivity contribution in [2.45, 2.75) is 33.4 Å². The molecule has 0 saturated heterocycles. The number of hydrogen-bond donors (Lipinski definition) is 2. The van der Waals surface area contributed by atoms with Crippen molar-refractivity contribution in [3.8, 4) is 5.75 Å². The van der Waals surface area contributed by atoms with Gasteiger partial charge in [0.2, 0.25) is 0 Å². The third-order valence-electron chi connectivity index (χ3n) is 3.21. The lowest BCUT2D eigenvalue weighted by Gasteiger charge is -2.14. The number of para-hydroxylation sites is 1. The molecule has 4 heteroatoms. The number of halogens is 1. The standard InChI is InChI=1S/C15H18BrNO2/c1-9-7-13(11(3)19-9)10(2)17-8-12-5-4-6-14(16)15(12)18/h4-7,10,17-18H,8H2,1-3H3. The van der Waals surface area contributed by atoms with Crippen molar-refractivity contribution in [1.29, 1.82) is 0 Å². The third kappa shape index (κ3) is 3.19. The first kappa shape index (κ1) is 14.2. The van der Waals surface area contributed by atoms with E-state index in [1.807, 2.05) is 38.1 Å². The smallest absolute Gasteiger partial charge is 0.134 e. The van der Waals surface area contributed by atoms with E-state index in [2.05, 4.69) is 28.2 Å². The molecule has 2 aromatic rings. The first-order valence-corrected chi connectivity index (χ1v) is 7.05. The van der Waals surface area contributed by atoms with Gasteiger partial charge in [-0.3, -0.25) is 0 Å². The molecule has 0 bridgehead atoms. The molecular formula is C15H18BrNO2. The van der Waals surface area contributed by atoms with Crippen LogP contribution in [-0.4, -0.2) is 5.11 Å². The van der Waals surface area contributed by atoms with E-state index in [9.17, 15) is 5.11 Å². The van der Waals surface area contributed by atoms with Gasteiger partial charge in [-0.2, -0.15) is 0 Å². The lowest BCUT2D eigenvalue weighted by Crippen LogP contribution is -2.18. The monoisotopic (exact) mass is 323 g/mol. The lowest BCUT2D eigenvalue weighted by molar-refractivity contribution is 0.455. The topological polar surface area (TPSA) is 45.4 Å². The summed E-state index contributed by atoms with van der Waals surface area (Å²) in [5.41, 5.74) is 2.03. The Morgan fingerprint density at radius 1 is 1.37 bits per heavy atom. The number of hydrogen-bond acceptors (Lipinski definition) is 3. The molecule has 19 heavy (non-hydrogen) atoms. The first-order valence-electron chi connectivity index (χ1n) is 6.25. The molecule has 0 aliphatic carbocycles. The van der Waals surface area contributed by atoms with Gasteiger partial charge in [-0.1, -0.05) is 12.1 Å². The van der Waals surface area contributed by atoms with Crippen LogP contribution in [0.5, 0.6) is 5.75 Å². The van der Waals surface area contributed by atoms with Gasteiger partial charge in [-0.15, -0.1) is 0 Å². The van der Waals surface area contributed by atoms with Crippen LogP contribution in [0.4, 0.5) is 0 Å². The number of furan rings is 1. The van der Waals surface area contributed by atoms with Gasteiger partial charge < -0.3 is 14.8 Å². The molecule has 1 aromatic carbocycles. The zero-order valence-corrected chi connectivity index (χ0v) is 12.9. The zero-order valence-electron chi connectivity index (χ0n) is 11.3. The summed E-state index contributed by atoms with van der Waals surface area (Å²) >= 11 is 3.32. The molecule has 1 unspecified atom stereocenters. The Morgan fingerprint density at radius 3 is 2.74 bits per heavy atom. The minimum absolute atomic E-state index is 0.177. The van der Waals surface area contributed by atoms with Gasteiger partial charge in [0.25, 0.3) is 0 Å². The molecule has 0 saturated carbocycles. The average molecular weight is 324 g/mol. The predicted octanol–water partition coefficient (Wildman–Crippen LogP) is 4.22. The van der Waals surface area contributed by atoms with E-state index in [-0.39, 0.29) is 6.04 Å². The van der Waals surface area contributed by atoms with E-state index in [1.54, 1.807) is 0 Å². The summed E-state index contributed by atoms with van der Waals surface area (Å²) in [6, 6.07) is 7.88. The number of aryl methyl sites for hydroxylation is 2. The van der Waals surface area contributed by atoms with Gasteiger partial charge in [0.1, 0.15) is 17.3 Å². The Kier molecular flexibility index (Phi) is 4.32. The van der Waals surface area contributed by atoms with Crippen molar-refractivity contribution < 1.29 is 9.52 Å². The molecule has 0 spiro atoms. The second-order valence-corrected chi connectivity index (χ2v) is 5.57. The molecule has 2 N–H and O–H groups in total. The third-order valence-corrected chi connectivity index (χ3v) is 3.85. The Hall–Kier alpha value is -1.26. The summed E-state index contributed by atoms with van der Waals surface area (Å²) in [4.78, 5) is 0. The van der Waals surface area contributed by atoms with E-state index in [0.29, 0.717) is 12.3 Å². The number of phenolic OH excluding ortho intramolecular Hbond substituents is 1.